The third-order valence-electron chi connectivity index (χ3n) is 3.19. The van der Waals surface area contributed by atoms with Crippen LogP contribution in [0.15, 0.2) is 48.2 Å². The van der Waals surface area contributed by atoms with Gasteiger partial charge in [-0.3, -0.25) is 4.79 Å². The number of para-hydroxylation sites is 1. The third-order valence-corrected chi connectivity index (χ3v) is 3.19. The van der Waals surface area contributed by atoms with Crippen molar-refractivity contribution >= 4 is 5.78 Å². The zero-order valence-corrected chi connectivity index (χ0v) is 9.70. The molecule has 0 fully saturated rings. The van der Waals surface area contributed by atoms with Crippen LogP contribution in [-0.2, 0) is 0 Å². The summed E-state index contributed by atoms with van der Waals surface area (Å²) in [6.45, 7) is 0.519. The Morgan fingerprint density at radius 3 is 3.00 bits per heavy atom. The van der Waals surface area contributed by atoms with Gasteiger partial charge in [-0.1, -0.05) is 24.3 Å². The Balaban J connectivity index is 1.95. The standard InChI is InChI=1S/C14H12NO3/c16-14-10-5-1-2-7-13(10)18-9-11(14)12-6-3-4-8-15(12)17/h1-7,11H,8-9H2/q-1. The summed E-state index contributed by atoms with van der Waals surface area (Å²) in [6, 6.07) is 7.13. The molecule has 3 rings (SSSR count). The molecule has 18 heavy (non-hydrogen) atoms. The van der Waals surface area contributed by atoms with E-state index in [-0.39, 0.29) is 18.9 Å². The quantitative estimate of drug-likeness (QED) is 0.757. The molecule has 92 valence electrons. The summed E-state index contributed by atoms with van der Waals surface area (Å²) in [5.41, 5.74) is 1.04. The smallest absolute Gasteiger partial charge is 0.178 e. The van der Waals surface area contributed by atoms with Crippen LogP contribution in [0.3, 0.4) is 0 Å². The van der Waals surface area contributed by atoms with Gasteiger partial charge in [0.15, 0.2) is 5.78 Å². The first-order chi connectivity index (χ1) is 8.77. The predicted molar refractivity (Wildman–Crippen MR) is 67.1 cm³/mol. The van der Waals surface area contributed by atoms with Gasteiger partial charge in [0, 0.05) is 12.2 Å². The summed E-state index contributed by atoms with van der Waals surface area (Å²) >= 11 is 0. The van der Waals surface area contributed by atoms with E-state index in [1.807, 2.05) is 6.07 Å². The van der Waals surface area contributed by atoms with Crippen molar-refractivity contribution in [3.63, 3.8) is 0 Å². The number of ether oxygens (including phenoxy) is 1. The molecular formula is C14H12NO3-. The van der Waals surface area contributed by atoms with Crippen LogP contribution in [0.1, 0.15) is 10.4 Å². The van der Waals surface area contributed by atoms with Gasteiger partial charge in [0.05, 0.1) is 11.5 Å². The maximum atomic E-state index is 12.4. The molecule has 0 amide bonds. The second kappa shape index (κ2) is 4.31. The first kappa shape index (κ1) is 11.0. The molecule has 0 saturated heterocycles. The van der Waals surface area contributed by atoms with Gasteiger partial charge in [0.2, 0.25) is 0 Å². The van der Waals surface area contributed by atoms with Gasteiger partial charge in [-0.05, 0) is 18.2 Å². The Kier molecular flexibility index (Phi) is 2.64. The Morgan fingerprint density at radius 2 is 2.17 bits per heavy atom. The average Bonchev–Trinajstić information content (AvgIpc) is 2.41. The lowest BCUT2D eigenvalue weighted by molar-refractivity contribution is 0.0843. The van der Waals surface area contributed by atoms with Crippen LogP contribution in [0.5, 0.6) is 5.75 Å². The van der Waals surface area contributed by atoms with Crippen molar-refractivity contribution in [1.29, 1.82) is 0 Å². The van der Waals surface area contributed by atoms with Crippen molar-refractivity contribution in [2.45, 2.75) is 0 Å². The lowest BCUT2D eigenvalue weighted by atomic mass is 9.91. The maximum absolute atomic E-state index is 12.4. The minimum absolute atomic E-state index is 0.0424. The normalized spacial score (nSPS) is 22.3. The molecule has 1 aromatic carbocycles. The monoisotopic (exact) mass is 242 g/mol. The van der Waals surface area contributed by atoms with Crippen LogP contribution in [0.25, 0.3) is 0 Å². The zero-order valence-electron chi connectivity index (χ0n) is 9.70. The number of fused-ring (bicyclic) bond motifs is 1. The number of ketones is 1. The van der Waals surface area contributed by atoms with Crippen molar-refractivity contribution in [2.75, 3.05) is 13.2 Å². The Labute approximate surface area is 105 Å². The highest BCUT2D eigenvalue weighted by Gasteiger charge is 2.32. The van der Waals surface area contributed by atoms with Crippen molar-refractivity contribution in [3.05, 3.63) is 59.0 Å². The van der Waals surface area contributed by atoms with E-state index < -0.39 is 5.92 Å². The molecule has 0 radical (unpaired) electrons. The van der Waals surface area contributed by atoms with E-state index in [0.29, 0.717) is 17.0 Å². The number of hydroxylamine groups is 2. The topological polar surface area (TPSA) is 52.6 Å². The number of hydrogen-bond donors (Lipinski definition) is 0. The minimum atomic E-state index is -0.498. The first-order valence-corrected chi connectivity index (χ1v) is 5.85. The second-order valence-corrected chi connectivity index (χ2v) is 4.30. The number of carbonyl (C=O) groups excluding carboxylic acids is 1. The molecule has 1 unspecified atom stereocenters. The molecule has 0 spiro atoms. The van der Waals surface area contributed by atoms with Crippen LogP contribution in [-0.4, -0.2) is 24.0 Å². The number of Topliss-reactive ketones (excluding diaryl/α,β-unsaturated/α-hetero) is 1. The zero-order chi connectivity index (χ0) is 12.5. The van der Waals surface area contributed by atoms with Crippen LogP contribution >= 0.6 is 0 Å². The lowest BCUT2D eigenvalue weighted by Crippen LogP contribution is -2.35. The Hall–Kier alpha value is -2.07. The number of rotatable bonds is 1. The summed E-state index contributed by atoms with van der Waals surface area (Å²) in [5.74, 6) is 0.0600. The van der Waals surface area contributed by atoms with Gasteiger partial charge < -0.3 is 15.0 Å². The molecule has 1 aromatic rings. The Morgan fingerprint density at radius 1 is 1.33 bits per heavy atom. The van der Waals surface area contributed by atoms with Crippen molar-refractivity contribution in [3.8, 4) is 5.75 Å². The van der Waals surface area contributed by atoms with Crippen LogP contribution < -0.4 is 4.74 Å². The molecule has 4 heteroatoms. The van der Waals surface area contributed by atoms with Crippen molar-refractivity contribution in [1.82, 2.24) is 5.06 Å². The molecule has 0 aliphatic carbocycles. The molecule has 0 saturated carbocycles. The fourth-order valence-corrected chi connectivity index (χ4v) is 2.25. The van der Waals surface area contributed by atoms with Crippen LogP contribution in [0, 0.1) is 11.1 Å². The molecule has 1 atom stereocenters. The number of nitrogens with zero attached hydrogens (tertiary/aromatic N) is 1. The second-order valence-electron chi connectivity index (χ2n) is 4.30. The number of allylic oxidation sites excluding steroid dienone is 2. The third kappa shape index (κ3) is 1.71. The molecule has 2 heterocycles. The Bertz CT molecular complexity index is 548. The SMILES string of the molecule is O=C1c2ccccc2OCC1C1=CC=CCN1[O-]. The van der Waals surface area contributed by atoms with Gasteiger partial charge in [0.25, 0.3) is 0 Å². The average molecular weight is 242 g/mol. The first-order valence-electron chi connectivity index (χ1n) is 5.85. The fraction of sp³-hybridized carbons (Fsp3) is 0.214. The molecule has 2 aliphatic rings. The summed E-state index contributed by atoms with van der Waals surface area (Å²) < 4.78 is 5.56. The number of benzene rings is 1. The number of carbonyl (C=O) groups is 1. The molecule has 0 bridgehead atoms. The predicted octanol–water partition coefficient (Wildman–Crippen LogP) is 2.13. The van der Waals surface area contributed by atoms with E-state index in [4.69, 9.17) is 4.74 Å². The molecule has 4 nitrogen and oxygen atoms in total. The van der Waals surface area contributed by atoms with Gasteiger partial charge in [-0.2, -0.15) is 0 Å². The number of hydrogen-bond acceptors (Lipinski definition) is 4. The van der Waals surface area contributed by atoms with Crippen LogP contribution in [0.2, 0.25) is 0 Å². The van der Waals surface area contributed by atoms with Gasteiger partial charge in [-0.15, -0.1) is 0 Å². The van der Waals surface area contributed by atoms with Gasteiger partial charge in [-0.25, -0.2) is 0 Å². The molecular weight excluding hydrogens is 230 g/mol. The van der Waals surface area contributed by atoms with E-state index in [0.717, 1.165) is 5.06 Å². The highest BCUT2D eigenvalue weighted by atomic mass is 16.5. The van der Waals surface area contributed by atoms with E-state index >= 15 is 0 Å². The highest BCUT2D eigenvalue weighted by Crippen LogP contribution is 2.31. The molecule has 0 N–H and O–H groups in total. The summed E-state index contributed by atoms with van der Waals surface area (Å²) in [4.78, 5) is 12.4. The summed E-state index contributed by atoms with van der Waals surface area (Å²) in [7, 11) is 0. The lowest BCUT2D eigenvalue weighted by Gasteiger charge is -2.38. The van der Waals surface area contributed by atoms with Gasteiger partial charge in [0.1, 0.15) is 12.4 Å². The van der Waals surface area contributed by atoms with Crippen molar-refractivity contribution < 1.29 is 9.53 Å². The molecule has 0 aromatic heterocycles. The van der Waals surface area contributed by atoms with Crippen molar-refractivity contribution in [2.24, 2.45) is 5.92 Å². The summed E-state index contributed by atoms with van der Waals surface area (Å²) in [5, 5.41) is 12.6. The van der Waals surface area contributed by atoms with E-state index in [1.54, 1.807) is 36.4 Å². The van der Waals surface area contributed by atoms with E-state index in [1.165, 1.54) is 0 Å². The molecule has 2 aliphatic heterocycles. The van der Waals surface area contributed by atoms with E-state index in [9.17, 15) is 10.0 Å². The minimum Gasteiger partial charge on any atom is -0.758 e. The van der Waals surface area contributed by atoms with Crippen LogP contribution in [0.4, 0.5) is 0 Å². The highest BCUT2D eigenvalue weighted by molar-refractivity contribution is 6.02. The maximum Gasteiger partial charge on any atom is 0.178 e. The van der Waals surface area contributed by atoms with Gasteiger partial charge >= 0.3 is 0 Å². The van der Waals surface area contributed by atoms with E-state index in [2.05, 4.69) is 0 Å². The summed E-state index contributed by atoms with van der Waals surface area (Å²) in [6.07, 6.45) is 5.26. The largest absolute Gasteiger partial charge is 0.758 e. The fourth-order valence-electron chi connectivity index (χ4n) is 2.25.